The molecule has 0 aliphatic carbocycles. The summed E-state index contributed by atoms with van der Waals surface area (Å²) in [7, 11) is 0. The van der Waals surface area contributed by atoms with E-state index in [1.54, 1.807) is 11.3 Å². The van der Waals surface area contributed by atoms with Crippen molar-refractivity contribution in [1.29, 1.82) is 0 Å². The van der Waals surface area contributed by atoms with Crippen molar-refractivity contribution in [2.24, 2.45) is 0 Å². The number of aromatic nitrogens is 1. The topological polar surface area (TPSA) is 55.1 Å². The summed E-state index contributed by atoms with van der Waals surface area (Å²) in [6.07, 6.45) is 0. The van der Waals surface area contributed by atoms with Gasteiger partial charge in [0.15, 0.2) is 5.76 Å². The van der Waals surface area contributed by atoms with Crippen molar-refractivity contribution in [2.75, 3.05) is 0 Å². The lowest BCUT2D eigenvalue weighted by molar-refractivity contribution is -0.120. The Morgan fingerprint density at radius 1 is 1.03 bits per heavy atom. The van der Waals surface area contributed by atoms with Gasteiger partial charge in [0, 0.05) is 16.0 Å². The van der Waals surface area contributed by atoms with E-state index in [-0.39, 0.29) is 11.2 Å². The summed E-state index contributed by atoms with van der Waals surface area (Å²) in [5.41, 5.74) is 2.72. The Bertz CT molecular complexity index is 1000. The zero-order valence-corrected chi connectivity index (χ0v) is 17.5. The molecule has 2 aromatic carbocycles. The molecular weight excluding hydrogens is 400 g/mol. The van der Waals surface area contributed by atoms with Gasteiger partial charge in [-0.15, -0.1) is 11.3 Å². The number of rotatable bonds is 7. The predicted octanol–water partition coefficient (Wildman–Crippen LogP) is 5.87. The highest BCUT2D eigenvalue weighted by Gasteiger charge is 2.21. The number of nitrogens with one attached hydrogen (secondary N) is 1. The van der Waals surface area contributed by atoms with Crippen LogP contribution in [0.5, 0.6) is 0 Å². The van der Waals surface area contributed by atoms with Crippen LogP contribution in [0.25, 0.3) is 22.6 Å². The van der Waals surface area contributed by atoms with Crippen molar-refractivity contribution in [2.45, 2.75) is 23.9 Å². The Balaban J connectivity index is 1.54. The zero-order valence-electron chi connectivity index (χ0n) is 15.9. The largest absolute Gasteiger partial charge is 0.431 e. The summed E-state index contributed by atoms with van der Waals surface area (Å²) in [5, 5.41) is 5.14. The Hall–Kier alpha value is -2.83. The molecule has 0 radical (unpaired) electrons. The third-order valence-electron chi connectivity index (χ3n) is 4.35. The molecule has 1 N–H and O–H groups in total. The van der Waals surface area contributed by atoms with Crippen molar-refractivity contribution >= 4 is 29.0 Å². The second-order valence-corrected chi connectivity index (χ2v) is 8.77. The van der Waals surface area contributed by atoms with Gasteiger partial charge in [0.25, 0.3) is 5.22 Å². The van der Waals surface area contributed by atoms with Gasteiger partial charge >= 0.3 is 0 Å². The molecule has 1 amide bonds. The van der Waals surface area contributed by atoms with E-state index in [2.05, 4.69) is 5.32 Å². The molecule has 1 atom stereocenters. The molecule has 0 aliphatic rings. The van der Waals surface area contributed by atoms with Gasteiger partial charge in [-0.1, -0.05) is 78.5 Å². The number of nitrogens with zero attached hydrogens (tertiary/aromatic N) is 1. The SMILES string of the molecule is CC(Sc1nc(-c2ccccc2)c(-c2ccccc2)o1)C(=O)NCc1cccs1. The zero-order chi connectivity index (χ0) is 20.1. The van der Waals surface area contributed by atoms with Gasteiger partial charge < -0.3 is 9.73 Å². The number of carbonyl (C=O) groups excluding carboxylic acids is 1. The third kappa shape index (κ3) is 4.78. The van der Waals surface area contributed by atoms with Gasteiger partial charge in [0.1, 0.15) is 5.69 Å². The van der Waals surface area contributed by atoms with E-state index in [4.69, 9.17) is 9.40 Å². The molecule has 4 nitrogen and oxygen atoms in total. The van der Waals surface area contributed by atoms with Gasteiger partial charge in [-0.2, -0.15) is 0 Å². The maximum absolute atomic E-state index is 12.5. The highest BCUT2D eigenvalue weighted by molar-refractivity contribution is 8.00. The van der Waals surface area contributed by atoms with Gasteiger partial charge in [-0.3, -0.25) is 4.79 Å². The van der Waals surface area contributed by atoms with E-state index in [1.807, 2.05) is 85.1 Å². The highest BCUT2D eigenvalue weighted by atomic mass is 32.2. The van der Waals surface area contributed by atoms with Crippen LogP contribution in [0.15, 0.2) is 87.8 Å². The number of hydrogen-bond donors (Lipinski definition) is 1. The van der Waals surface area contributed by atoms with Crippen LogP contribution in [-0.2, 0) is 11.3 Å². The molecule has 0 bridgehead atoms. The van der Waals surface area contributed by atoms with Crippen molar-refractivity contribution in [3.05, 3.63) is 83.1 Å². The van der Waals surface area contributed by atoms with Crippen LogP contribution in [0.4, 0.5) is 0 Å². The Labute approximate surface area is 178 Å². The molecule has 6 heteroatoms. The van der Waals surface area contributed by atoms with Crippen LogP contribution in [0.3, 0.4) is 0 Å². The van der Waals surface area contributed by atoms with Crippen LogP contribution in [-0.4, -0.2) is 16.1 Å². The first-order valence-electron chi connectivity index (χ1n) is 9.29. The quantitative estimate of drug-likeness (QED) is 0.380. The molecule has 0 fully saturated rings. The molecule has 0 saturated heterocycles. The lowest BCUT2D eigenvalue weighted by atomic mass is 10.1. The number of amides is 1. The van der Waals surface area contributed by atoms with E-state index < -0.39 is 0 Å². The molecule has 0 aliphatic heterocycles. The standard InChI is InChI=1S/C23H20N2O2S2/c1-16(22(26)24-15-19-13-8-14-28-19)29-23-25-20(17-9-4-2-5-10-17)21(27-23)18-11-6-3-7-12-18/h2-14,16H,15H2,1H3,(H,24,26). The van der Waals surface area contributed by atoms with E-state index in [1.165, 1.54) is 11.8 Å². The third-order valence-corrected chi connectivity index (χ3v) is 6.17. The maximum Gasteiger partial charge on any atom is 0.257 e. The Morgan fingerprint density at radius 2 is 1.72 bits per heavy atom. The number of benzene rings is 2. The van der Waals surface area contributed by atoms with Crippen molar-refractivity contribution in [3.63, 3.8) is 0 Å². The van der Waals surface area contributed by atoms with Crippen LogP contribution in [0, 0.1) is 0 Å². The predicted molar refractivity (Wildman–Crippen MR) is 119 cm³/mol. The smallest absolute Gasteiger partial charge is 0.257 e. The first kappa shape index (κ1) is 19.5. The fourth-order valence-corrected chi connectivity index (χ4v) is 4.28. The van der Waals surface area contributed by atoms with Crippen LogP contribution in [0.1, 0.15) is 11.8 Å². The normalized spacial score (nSPS) is 11.9. The Kier molecular flexibility index (Phi) is 6.12. The first-order chi connectivity index (χ1) is 14.2. The average molecular weight is 421 g/mol. The minimum absolute atomic E-state index is 0.0378. The van der Waals surface area contributed by atoms with Crippen molar-refractivity contribution < 1.29 is 9.21 Å². The Morgan fingerprint density at radius 3 is 2.38 bits per heavy atom. The molecule has 4 rings (SSSR count). The molecule has 2 heterocycles. The molecular formula is C23H20N2O2S2. The molecule has 146 valence electrons. The van der Waals surface area contributed by atoms with E-state index in [0.717, 1.165) is 21.7 Å². The van der Waals surface area contributed by atoms with Crippen molar-refractivity contribution in [3.8, 4) is 22.6 Å². The minimum Gasteiger partial charge on any atom is -0.431 e. The lowest BCUT2D eigenvalue weighted by Gasteiger charge is -2.09. The number of thiophene rings is 1. The van der Waals surface area contributed by atoms with Crippen LogP contribution < -0.4 is 5.32 Å². The van der Waals surface area contributed by atoms with E-state index >= 15 is 0 Å². The van der Waals surface area contributed by atoms with E-state index in [0.29, 0.717) is 17.5 Å². The summed E-state index contributed by atoms with van der Waals surface area (Å²) in [4.78, 5) is 18.3. The fraction of sp³-hybridized carbons (Fsp3) is 0.130. The van der Waals surface area contributed by atoms with Crippen LogP contribution in [0.2, 0.25) is 0 Å². The summed E-state index contributed by atoms with van der Waals surface area (Å²) in [5.74, 6) is 0.676. The van der Waals surface area contributed by atoms with Crippen molar-refractivity contribution in [1.82, 2.24) is 10.3 Å². The van der Waals surface area contributed by atoms with Gasteiger partial charge in [-0.05, 0) is 18.4 Å². The minimum atomic E-state index is -0.319. The second-order valence-electron chi connectivity index (χ2n) is 6.45. The second kappa shape index (κ2) is 9.11. The van der Waals surface area contributed by atoms with Gasteiger partial charge in [0.2, 0.25) is 5.91 Å². The average Bonchev–Trinajstić information content (AvgIpc) is 3.43. The monoisotopic (exact) mass is 420 g/mol. The first-order valence-corrected chi connectivity index (χ1v) is 11.0. The van der Waals surface area contributed by atoms with Gasteiger partial charge in [0.05, 0.1) is 11.8 Å². The summed E-state index contributed by atoms with van der Waals surface area (Å²) < 4.78 is 6.10. The molecule has 2 aromatic heterocycles. The number of thioether (sulfide) groups is 1. The molecule has 0 spiro atoms. The summed E-state index contributed by atoms with van der Waals surface area (Å²) >= 11 is 2.96. The molecule has 0 saturated carbocycles. The van der Waals surface area contributed by atoms with Crippen LogP contribution >= 0.6 is 23.1 Å². The van der Waals surface area contributed by atoms with E-state index in [9.17, 15) is 4.79 Å². The lowest BCUT2D eigenvalue weighted by Crippen LogP contribution is -2.30. The maximum atomic E-state index is 12.5. The fourth-order valence-electron chi connectivity index (χ4n) is 2.86. The number of oxazole rings is 1. The highest BCUT2D eigenvalue weighted by Crippen LogP contribution is 2.36. The molecule has 4 aromatic rings. The number of carbonyl (C=O) groups is 1. The van der Waals surface area contributed by atoms with Gasteiger partial charge in [-0.25, -0.2) is 4.98 Å². The number of hydrogen-bond acceptors (Lipinski definition) is 5. The molecule has 29 heavy (non-hydrogen) atoms. The summed E-state index contributed by atoms with van der Waals surface area (Å²) in [6, 6.07) is 23.9. The summed E-state index contributed by atoms with van der Waals surface area (Å²) in [6.45, 7) is 2.40. The molecule has 1 unspecified atom stereocenters.